The average molecular weight is 192 g/mol. The van der Waals surface area contributed by atoms with Crippen molar-refractivity contribution < 1.29 is 9.57 Å². The van der Waals surface area contributed by atoms with E-state index in [1.807, 2.05) is 30.3 Å². The predicted molar refractivity (Wildman–Crippen MR) is 53.1 cm³/mol. The van der Waals surface area contributed by atoms with Gasteiger partial charge in [0.2, 0.25) is 5.90 Å². The summed E-state index contributed by atoms with van der Waals surface area (Å²) in [4.78, 5) is 9.14. The van der Waals surface area contributed by atoms with Gasteiger partial charge in [0.15, 0.2) is 6.17 Å². The average Bonchev–Trinajstić information content (AvgIpc) is 2.63. The van der Waals surface area contributed by atoms with E-state index in [0.29, 0.717) is 12.5 Å². The highest BCUT2D eigenvalue weighted by Gasteiger charge is 2.15. The van der Waals surface area contributed by atoms with Gasteiger partial charge in [0.1, 0.15) is 12.4 Å². The van der Waals surface area contributed by atoms with Crippen LogP contribution in [0.4, 0.5) is 0 Å². The quantitative estimate of drug-likeness (QED) is 0.786. The van der Waals surface area contributed by atoms with Crippen molar-refractivity contribution in [2.75, 3.05) is 6.61 Å². The zero-order valence-corrected chi connectivity index (χ0v) is 7.93. The van der Waals surface area contributed by atoms with Crippen LogP contribution in [0.2, 0.25) is 0 Å². The molecule has 1 aliphatic rings. The van der Waals surface area contributed by atoms with Crippen LogP contribution in [0.1, 0.15) is 6.92 Å². The Kier molecular flexibility index (Phi) is 2.65. The van der Waals surface area contributed by atoms with Crippen molar-refractivity contribution in [2.45, 2.75) is 13.1 Å². The Labute approximate surface area is 82.5 Å². The van der Waals surface area contributed by atoms with Gasteiger partial charge in [-0.2, -0.15) is 0 Å². The summed E-state index contributed by atoms with van der Waals surface area (Å²) in [5.74, 6) is 1.49. The normalized spacial score (nSPS) is 20.1. The molecule has 0 radical (unpaired) electrons. The number of rotatable bonds is 3. The number of nitrogens with zero attached hydrogens (tertiary/aromatic N) is 1. The Bertz CT molecular complexity index is 324. The zero-order chi connectivity index (χ0) is 9.80. The zero-order valence-electron chi connectivity index (χ0n) is 7.93. The largest absolute Gasteiger partial charge is 0.490 e. The van der Waals surface area contributed by atoms with Crippen LogP contribution in [0.3, 0.4) is 0 Å². The molecule has 0 aromatic heterocycles. The SMILES string of the molecule is CC1=NC(COc2ccccc2)NO1. The lowest BCUT2D eigenvalue weighted by Crippen LogP contribution is -2.27. The molecule has 1 aliphatic heterocycles. The molecule has 0 amide bonds. The summed E-state index contributed by atoms with van der Waals surface area (Å²) in [5.41, 5.74) is 2.75. The maximum absolute atomic E-state index is 5.49. The van der Waals surface area contributed by atoms with Crippen LogP contribution >= 0.6 is 0 Å². The summed E-state index contributed by atoms with van der Waals surface area (Å²) < 4.78 is 5.49. The topological polar surface area (TPSA) is 42.8 Å². The van der Waals surface area contributed by atoms with Crippen LogP contribution in [0.25, 0.3) is 0 Å². The Balaban J connectivity index is 1.84. The fourth-order valence-corrected chi connectivity index (χ4v) is 1.19. The van der Waals surface area contributed by atoms with E-state index in [-0.39, 0.29) is 6.17 Å². The van der Waals surface area contributed by atoms with Crippen molar-refractivity contribution in [2.24, 2.45) is 4.99 Å². The highest BCUT2D eigenvalue weighted by Crippen LogP contribution is 2.09. The van der Waals surface area contributed by atoms with Gasteiger partial charge in [0.05, 0.1) is 0 Å². The number of ether oxygens (including phenoxy) is 1. The molecule has 2 rings (SSSR count). The van der Waals surface area contributed by atoms with E-state index in [1.165, 1.54) is 0 Å². The first kappa shape index (κ1) is 9.02. The van der Waals surface area contributed by atoms with Crippen molar-refractivity contribution in [3.05, 3.63) is 30.3 Å². The van der Waals surface area contributed by atoms with E-state index < -0.39 is 0 Å². The van der Waals surface area contributed by atoms with Crippen molar-refractivity contribution in [3.63, 3.8) is 0 Å². The first-order valence-corrected chi connectivity index (χ1v) is 4.49. The lowest BCUT2D eigenvalue weighted by atomic mass is 10.3. The first-order chi connectivity index (χ1) is 6.84. The summed E-state index contributed by atoms with van der Waals surface area (Å²) in [7, 11) is 0. The van der Waals surface area contributed by atoms with Gasteiger partial charge in [-0.1, -0.05) is 18.2 Å². The molecule has 0 saturated heterocycles. The molecular formula is C10H12N2O2. The van der Waals surface area contributed by atoms with Gasteiger partial charge in [-0.05, 0) is 12.1 Å². The number of para-hydroxylation sites is 1. The van der Waals surface area contributed by atoms with Crippen molar-refractivity contribution in [1.82, 2.24) is 5.48 Å². The van der Waals surface area contributed by atoms with Crippen LogP contribution in [0.5, 0.6) is 5.75 Å². The molecule has 74 valence electrons. The molecule has 1 aromatic rings. The first-order valence-electron chi connectivity index (χ1n) is 4.49. The number of hydrogen-bond donors (Lipinski definition) is 1. The van der Waals surface area contributed by atoms with E-state index in [9.17, 15) is 0 Å². The second kappa shape index (κ2) is 4.11. The van der Waals surface area contributed by atoms with Crippen LogP contribution in [0, 0.1) is 0 Å². The van der Waals surface area contributed by atoms with Crippen LogP contribution < -0.4 is 10.2 Å². The van der Waals surface area contributed by atoms with Gasteiger partial charge in [-0.15, -0.1) is 5.48 Å². The molecule has 0 fully saturated rings. The molecule has 1 unspecified atom stereocenters. The van der Waals surface area contributed by atoms with Crippen LogP contribution in [-0.2, 0) is 4.84 Å². The monoisotopic (exact) mass is 192 g/mol. The number of hydrogen-bond acceptors (Lipinski definition) is 4. The van der Waals surface area contributed by atoms with E-state index >= 15 is 0 Å². The minimum Gasteiger partial charge on any atom is -0.490 e. The van der Waals surface area contributed by atoms with Gasteiger partial charge in [-0.3, -0.25) is 0 Å². The Morgan fingerprint density at radius 2 is 2.21 bits per heavy atom. The smallest absolute Gasteiger partial charge is 0.208 e. The summed E-state index contributed by atoms with van der Waals surface area (Å²) in [6.45, 7) is 2.27. The van der Waals surface area contributed by atoms with Gasteiger partial charge >= 0.3 is 0 Å². The third kappa shape index (κ3) is 2.23. The molecule has 4 heteroatoms. The second-order valence-electron chi connectivity index (χ2n) is 3.01. The van der Waals surface area contributed by atoms with E-state index in [2.05, 4.69) is 10.5 Å². The standard InChI is InChI=1S/C10H12N2O2/c1-8-11-10(12-14-8)7-13-9-5-3-2-4-6-9/h2-6,10,12H,7H2,1H3. The lowest BCUT2D eigenvalue weighted by Gasteiger charge is -2.08. The third-order valence-electron chi connectivity index (χ3n) is 1.83. The third-order valence-corrected chi connectivity index (χ3v) is 1.83. The fourth-order valence-electron chi connectivity index (χ4n) is 1.19. The molecule has 14 heavy (non-hydrogen) atoms. The van der Waals surface area contributed by atoms with Gasteiger partial charge in [0.25, 0.3) is 0 Å². The molecule has 1 atom stereocenters. The van der Waals surface area contributed by atoms with E-state index in [0.717, 1.165) is 5.75 Å². The van der Waals surface area contributed by atoms with Crippen molar-refractivity contribution in [1.29, 1.82) is 0 Å². The van der Waals surface area contributed by atoms with E-state index in [4.69, 9.17) is 9.57 Å². The lowest BCUT2D eigenvalue weighted by molar-refractivity contribution is 0.144. The molecule has 0 spiro atoms. The van der Waals surface area contributed by atoms with Crippen molar-refractivity contribution >= 4 is 5.90 Å². The number of nitrogens with one attached hydrogen (secondary N) is 1. The molecule has 1 aromatic carbocycles. The Morgan fingerprint density at radius 3 is 2.86 bits per heavy atom. The molecule has 0 bridgehead atoms. The molecule has 0 saturated carbocycles. The molecule has 1 N–H and O–H groups in total. The Hall–Kier alpha value is -1.55. The predicted octanol–water partition coefficient (Wildman–Crippen LogP) is 1.34. The molecule has 0 aliphatic carbocycles. The number of aliphatic imine (C=N–C) groups is 1. The summed E-state index contributed by atoms with van der Waals surface area (Å²) in [5, 5.41) is 0. The molecular weight excluding hydrogens is 180 g/mol. The molecule has 1 heterocycles. The summed E-state index contributed by atoms with van der Waals surface area (Å²) in [6, 6.07) is 9.63. The highest BCUT2D eigenvalue weighted by molar-refractivity contribution is 5.74. The van der Waals surface area contributed by atoms with Gasteiger partial charge in [0, 0.05) is 6.92 Å². The maximum Gasteiger partial charge on any atom is 0.208 e. The van der Waals surface area contributed by atoms with E-state index in [1.54, 1.807) is 6.92 Å². The number of benzene rings is 1. The Morgan fingerprint density at radius 1 is 1.43 bits per heavy atom. The second-order valence-corrected chi connectivity index (χ2v) is 3.01. The maximum atomic E-state index is 5.49. The number of hydroxylamine groups is 1. The minimum atomic E-state index is -0.102. The minimum absolute atomic E-state index is 0.102. The fraction of sp³-hybridized carbons (Fsp3) is 0.300. The highest BCUT2D eigenvalue weighted by atomic mass is 16.7. The van der Waals surface area contributed by atoms with Crippen LogP contribution in [0.15, 0.2) is 35.3 Å². The molecule has 4 nitrogen and oxygen atoms in total. The summed E-state index contributed by atoms with van der Waals surface area (Å²) in [6.07, 6.45) is -0.102. The van der Waals surface area contributed by atoms with Crippen LogP contribution in [-0.4, -0.2) is 18.7 Å². The van der Waals surface area contributed by atoms with Gasteiger partial charge in [-0.25, -0.2) is 4.99 Å². The summed E-state index contributed by atoms with van der Waals surface area (Å²) >= 11 is 0. The van der Waals surface area contributed by atoms with Crippen molar-refractivity contribution in [3.8, 4) is 5.75 Å². The van der Waals surface area contributed by atoms with Gasteiger partial charge < -0.3 is 9.57 Å².